The number of aliphatic hydroxyl groups is 1. The van der Waals surface area contributed by atoms with Crippen molar-refractivity contribution in [1.29, 1.82) is 0 Å². The molecule has 1 atom stereocenters. The summed E-state index contributed by atoms with van der Waals surface area (Å²) in [5, 5.41) is 11.4. The van der Waals surface area contributed by atoms with Crippen molar-refractivity contribution in [3.63, 3.8) is 0 Å². The fraction of sp³-hybridized carbons (Fsp3) is 0.500. The first kappa shape index (κ1) is 13.2. The fourth-order valence-corrected chi connectivity index (χ4v) is 1.20. The second-order valence-corrected chi connectivity index (χ2v) is 3.88. The molecule has 1 amide bonds. The van der Waals surface area contributed by atoms with E-state index in [-0.39, 0.29) is 30.5 Å². The Morgan fingerprint density at radius 2 is 2.18 bits per heavy atom. The Labute approximate surface area is 96.9 Å². The van der Waals surface area contributed by atoms with Crippen LogP contribution in [0.15, 0.2) is 15.7 Å². The number of H-pyrrole nitrogens is 2. The van der Waals surface area contributed by atoms with Crippen LogP contribution < -0.4 is 16.6 Å². The Kier molecular flexibility index (Phi) is 4.65. The maximum atomic E-state index is 11.4. The van der Waals surface area contributed by atoms with E-state index in [0.29, 0.717) is 6.54 Å². The highest BCUT2D eigenvalue weighted by atomic mass is 16.3. The number of aliphatic hydroxyl groups excluding tert-OH is 1. The number of hydrogen-bond acceptors (Lipinski definition) is 4. The smallest absolute Gasteiger partial charge is 0.325 e. The van der Waals surface area contributed by atoms with Gasteiger partial charge in [-0.1, -0.05) is 6.92 Å². The number of nitrogens with one attached hydrogen (secondary N) is 3. The number of carbonyl (C=O) groups is 1. The first-order valence-electron chi connectivity index (χ1n) is 5.21. The van der Waals surface area contributed by atoms with Gasteiger partial charge in [0.05, 0.1) is 6.42 Å². The maximum absolute atomic E-state index is 11.4. The van der Waals surface area contributed by atoms with Crippen LogP contribution in [0.4, 0.5) is 0 Å². The van der Waals surface area contributed by atoms with E-state index in [4.69, 9.17) is 5.11 Å². The fourth-order valence-electron chi connectivity index (χ4n) is 1.20. The molecular formula is C10H15N3O4. The van der Waals surface area contributed by atoms with Gasteiger partial charge in [-0.2, -0.15) is 0 Å². The topological polar surface area (TPSA) is 115 Å². The molecule has 7 heteroatoms. The molecule has 1 heterocycles. The van der Waals surface area contributed by atoms with E-state index < -0.39 is 11.2 Å². The van der Waals surface area contributed by atoms with Crippen molar-refractivity contribution < 1.29 is 9.90 Å². The number of hydrogen-bond donors (Lipinski definition) is 4. The Bertz CT molecular complexity index is 463. The molecule has 0 bridgehead atoms. The summed E-state index contributed by atoms with van der Waals surface area (Å²) >= 11 is 0. The number of rotatable bonds is 5. The lowest BCUT2D eigenvalue weighted by atomic mass is 10.2. The third kappa shape index (κ3) is 4.64. The molecule has 17 heavy (non-hydrogen) atoms. The third-order valence-electron chi connectivity index (χ3n) is 2.13. The minimum atomic E-state index is -0.635. The number of aromatic amines is 2. The first-order chi connectivity index (χ1) is 8.01. The van der Waals surface area contributed by atoms with E-state index in [1.807, 2.05) is 4.98 Å². The van der Waals surface area contributed by atoms with E-state index in [1.54, 1.807) is 6.92 Å². The molecule has 1 unspecified atom stereocenters. The third-order valence-corrected chi connectivity index (χ3v) is 2.13. The van der Waals surface area contributed by atoms with Crippen molar-refractivity contribution >= 4 is 5.91 Å². The minimum Gasteiger partial charge on any atom is -0.396 e. The minimum absolute atomic E-state index is 0.0118. The summed E-state index contributed by atoms with van der Waals surface area (Å²) in [7, 11) is 0. The second-order valence-electron chi connectivity index (χ2n) is 3.88. The zero-order valence-corrected chi connectivity index (χ0v) is 9.45. The Hall–Kier alpha value is -1.89. The van der Waals surface area contributed by atoms with Gasteiger partial charge in [-0.05, 0) is 5.92 Å². The van der Waals surface area contributed by atoms with Crippen LogP contribution in [0.3, 0.4) is 0 Å². The van der Waals surface area contributed by atoms with E-state index in [2.05, 4.69) is 10.3 Å². The van der Waals surface area contributed by atoms with Gasteiger partial charge in [-0.3, -0.25) is 14.6 Å². The van der Waals surface area contributed by atoms with E-state index in [0.717, 1.165) is 6.07 Å². The summed E-state index contributed by atoms with van der Waals surface area (Å²) < 4.78 is 0. The zero-order valence-electron chi connectivity index (χ0n) is 9.45. The lowest BCUT2D eigenvalue weighted by molar-refractivity contribution is -0.120. The van der Waals surface area contributed by atoms with Gasteiger partial charge in [0.1, 0.15) is 0 Å². The molecule has 0 aliphatic heterocycles. The normalized spacial score (nSPS) is 12.1. The van der Waals surface area contributed by atoms with Crippen LogP contribution in [0, 0.1) is 5.92 Å². The van der Waals surface area contributed by atoms with Gasteiger partial charge < -0.3 is 15.4 Å². The number of aromatic nitrogens is 2. The van der Waals surface area contributed by atoms with Crippen LogP contribution in [0.5, 0.6) is 0 Å². The molecule has 0 aliphatic rings. The maximum Gasteiger partial charge on any atom is 0.325 e. The summed E-state index contributed by atoms with van der Waals surface area (Å²) in [4.78, 5) is 37.7. The Morgan fingerprint density at radius 3 is 2.76 bits per heavy atom. The molecule has 1 aromatic rings. The Balaban J connectivity index is 2.56. The van der Waals surface area contributed by atoms with Crippen LogP contribution in [0.25, 0.3) is 0 Å². The first-order valence-corrected chi connectivity index (χ1v) is 5.21. The van der Waals surface area contributed by atoms with Crippen molar-refractivity contribution in [2.75, 3.05) is 13.2 Å². The van der Waals surface area contributed by atoms with Gasteiger partial charge in [-0.25, -0.2) is 4.79 Å². The van der Waals surface area contributed by atoms with Crippen LogP contribution in [-0.4, -0.2) is 34.1 Å². The summed E-state index contributed by atoms with van der Waals surface area (Å²) in [5.74, 6) is -0.344. The summed E-state index contributed by atoms with van der Waals surface area (Å²) in [6.45, 7) is 2.13. The summed E-state index contributed by atoms with van der Waals surface area (Å²) in [5.41, 5.74) is -0.919. The average molecular weight is 241 g/mol. The van der Waals surface area contributed by atoms with Crippen LogP contribution in [0.2, 0.25) is 0 Å². The molecule has 1 aromatic heterocycles. The van der Waals surface area contributed by atoms with Gasteiger partial charge >= 0.3 is 5.69 Å². The SMILES string of the molecule is CC(CO)CNC(=O)Cc1cc(=O)[nH]c(=O)[nH]1. The van der Waals surface area contributed by atoms with Crippen molar-refractivity contribution in [2.24, 2.45) is 5.92 Å². The average Bonchev–Trinajstić information content (AvgIpc) is 2.24. The quantitative estimate of drug-likeness (QED) is 0.494. The van der Waals surface area contributed by atoms with Crippen LogP contribution in [0.1, 0.15) is 12.6 Å². The second kappa shape index (κ2) is 6.00. The van der Waals surface area contributed by atoms with Crippen molar-refractivity contribution in [3.05, 3.63) is 32.6 Å². The zero-order chi connectivity index (χ0) is 12.8. The number of carbonyl (C=O) groups excluding carboxylic acids is 1. The summed E-state index contributed by atoms with van der Waals surface area (Å²) in [6, 6.07) is 1.16. The number of amides is 1. The van der Waals surface area contributed by atoms with Gasteiger partial charge in [0.25, 0.3) is 5.56 Å². The van der Waals surface area contributed by atoms with Crippen molar-refractivity contribution in [3.8, 4) is 0 Å². The largest absolute Gasteiger partial charge is 0.396 e. The van der Waals surface area contributed by atoms with Crippen LogP contribution in [-0.2, 0) is 11.2 Å². The molecule has 0 spiro atoms. The standard InChI is InChI=1S/C10H15N3O4/c1-6(5-14)4-11-8(15)2-7-3-9(16)13-10(17)12-7/h3,6,14H,2,4-5H2,1H3,(H,11,15)(H2,12,13,16,17). The monoisotopic (exact) mass is 241 g/mol. The molecule has 94 valence electrons. The molecule has 0 saturated carbocycles. The molecule has 0 fully saturated rings. The molecule has 4 N–H and O–H groups in total. The molecule has 7 nitrogen and oxygen atoms in total. The highest BCUT2D eigenvalue weighted by molar-refractivity contribution is 5.77. The van der Waals surface area contributed by atoms with Gasteiger partial charge in [0.2, 0.25) is 5.91 Å². The van der Waals surface area contributed by atoms with Crippen molar-refractivity contribution in [2.45, 2.75) is 13.3 Å². The van der Waals surface area contributed by atoms with E-state index >= 15 is 0 Å². The van der Waals surface area contributed by atoms with Crippen molar-refractivity contribution in [1.82, 2.24) is 15.3 Å². The predicted molar refractivity (Wildman–Crippen MR) is 60.6 cm³/mol. The molecule has 0 radical (unpaired) electrons. The molecule has 0 aliphatic carbocycles. The van der Waals surface area contributed by atoms with Crippen LogP contribution >= 0.6 is 0 Å². The van der Waals surface area contributed by atoms with Gasteiger partial charge in [0.15, 0.2) is 0 Å². The molecule has 0 aromatic carbocycles. The molecular weight excluding hydrogens is 226 g/mol. The van der Waals surface area contributed by atoms with Gasteiger partial charge in [-0.15, -0.1) is 0 Å². The molecule has 1 rings (SSSR count). The van der Waals surface area contributed by atoms with E-state index in [1.165, 1.54) is 0 Å². The lowest BCUT2D eigenvalue weighted by Crippen LogP contribution is -2.32. The lowest BCUT2D eigenvalue weighted by Gasteiger charge is -2.09. The van der Waals surface area contributed by atoms with E-state index in [9.17, 15) is 14.4 Å². The highest BCUT2D eigenvalue weighted by Crippen LogP contribution is 1.91. The highest BCUT2D eigenvalue weighted by Gasteiger charge is 2.07. The molecule has 0 saturated heterocycles. The summed E-state index contributed by atoms with van der Waals surface area (Å²) in [6.07, 6.45) is -0.0721. The predicted octanol–water partition coefficient (Wildman–Crippen LogP) is -1.65. The van der Waals surface area contributed by atoms with Gasteiger partial charge in [0, 0.05) is 24.9 Å². The Morgan fingerprint density at radius 1 is 1.47 bits per heavy atom.